The number of carbonyl (C=O) groups is 1. The molecule has 0 aliphatic carbocycles. The van der Waals surface area contributed by atoms with Gasteiger partial charge in [-0.1, -0.05) is 18.2 Å². The van der Waals surface area contributed by atoms with Crippen LogP contribution in [0, 0.1) is 0 Å². The first-order valence-electron chi connectivity index (χ1n) is 9.31. The molecule has 2 aromatic carbocycles. The van der Waals surface area contributed by atoms with Crippen LogP contribution in [0.25, 0.3) is 10.8 Å². The Morgan fingerprint density at radius 1 is 1.03 bits per heavy atom. The van der Waals surface area contributed by atoms with Crippen molar-refractivity contribution in [3.63, 3.8) is 0 Å². The fourth-order valence-electron chi connectivity index (χ4n) is 2.98. The van der Waals surface area contributed by atoms with Gasteiger partial charge in [-0.25, -0.2) is 9.48 Å². The van der Waals surface area contributed by atoms with Crippen molar-refractivity contribution in [2.24, 2.45) is 0 Å². The van der Waals surface area contributed by atoms with Crippen LogP contribution in [0.4, 0.5) is 10.5 Å². The first-order chi connectivity index (χ1) is 14.5. The van der Waals surface area contributed by atoms with Crippen molar-refractivity contribution in [2.45, 2.75) is 13.1 Å². The summed E-state index contributed by atoms with van der Waals surface area (Å²) in [6.07, 6.45) is 0. The normalized spacial score (nSPS) is 10.6. The molecule has 0 saturated carbocycles. The predicted molar refractivity (Wildman–Crippen MR) is 113 cm³/mol. The summed E-state index contributed by atoms with van der Waals surface area (Å²) in [5, 5.41) is 11.2. The molecular weight excluding hydrogens is 388 g/mol. The van der Waals surface area contributed by atoms with Crippen LogP contribution < -0.4 is 25.7 Å². The Morgan fingerprint density at radius 2 is 1.70 bits per heavy atom. The molecule has 9 nitrogen and oxygen atoms in total. The summed E-state index contributed by atoms with van der Waals surface area (Å²) in [5.41, 5.74) is 0.908. The lowest BCUT2D eigenvalue weighted by Gasteiger charge is -2.13. The Balaban J connectivity index is 1.79. The molecule has 3 rings (SSSR count). The van der Waals surface area contributed by atoms with Crippen molar-refractivity contribution < 1.29 is 19.0 Å². The molecule has 0 saturated heterocycles. The summed E-state index contributed by atoms with van der Waals surface area (Å²) in [6.45, 7) is 0.819. The summed E-state index contributed by atoms with van der Waals surface area (Å²) >= 11 is 0. The maximum Gasteiger partial charge on any atom is 0.319 e. The average molecular weight is 412 g/mol. The van der Waals surface area contributed by atoms with E-state index in [1.54, 1.807) is 37.4 Å². The Kier molecular flexibility index (Phi) is 6.87. The van der Waals surface area contributed by atoms with Gasteiger partial charge in [0, 0.05) is 36.4 Å². The molecule has 0 unspecified atom stereocenters. The van der Waals surface area contributed by atoms with Gasteiger partial charge in [-0.15, -0.1) is 0 Å². The highest BCUT2D eigenvalue weighted by Gasteiger charge is 2.12. The molecule has 0 aliphatic heterocycles. The van der Waals surface area contributed by atoms with E-state index in [9.17, 15) is 9.59 Å². The molecule has 9 heteroatoms. The summed E-state index contributed by atoms with van der Waals surface area (Å²) in [5.74, 6) is 1.12. The van der Waals surface area contributed by atoms with Gasteiger partial charge in [-0.2, -0.15) is 5.10 Å². The second-order valence-corrected chi connectivity index (χ2v) is 6.42. The number of carbonyl (C=O) groups excluding carboxylic acids is 1. The van der Waals surface area contributed by atoms with Crippen LogP contribution in [-0.4, -0.2) is 43.7 Å². The fourth-order valence-corrected chi connectivity index (χ4v) is 2.98. The van der Waals surface area contributed by atoms with Gasteiger partial charge in [0.05, 0.1) is 45.0 Å². The van der Waals surface area contributed by atoms with E-state index < -0.39 is 6.03 Å². The summed E-state index contributed by atoms with van der Waals surface area (Å²) < 4.78 is 16.8. The van der Waals surface area contributed by atoms with E-state index in [-0.39, 0.29) is 12.1 Å². The molecule has 0 spiro atoms. The van der Waals surface area contributed by atoms with Gasteiger partial charge in [0.25, 0.3) is 5.56 Å². The number of rotatable bonds is 8. The highest BCUT2D eigenvalue weighted by Crippen LogP contribution is 2.25. The zero-order valence-corrected chi connectivity index (χ0v) is 17.1. The summed E-state index contributed by atoms with van der Waals surface area (Å²) in [6, 6.07) is 11.8. The highest BCUT2D eigenvalue weighted by molar-refractivity contribution is 5.90. The zero-order chi connectivity index (χ0) is 21.5. The van der Waals surface area contributed by atoms with Crippen LogP contribution in [0.1, 0.15) is 5.69 Å². The number of anilines is 1. The van der Waals surface area contributed by atoms with Crippen molar-refractivity contribution in [1.82, 2.24) is 15.1 Å². The van der Waals surface area contributed by atoms with E-state index >= 15 is 0 Å². The van der Waals surface area contributed by atoms with E-state index in [2.05, 4.69) is 15.7 Å². The number of fused-ring (bicyclic) bond motifs is 1. The number of urea groups is 1. The molecule has 158 valence electrons. The summed E-state index contributed by atoms with van der Waals surface area (Å²) in [4.78, 5) is 25.0. The van der Waals surface area contributed by atoms with Crippen LogP contribution in [-0.2, 0) is 17.8 Å². The number of hydrogen-bond donors (Lipinski definition) is 2. The molecule has 0 atom stereocenters. The smallest absolute Gasteiger partial charge is 0.319 e. The standard InChI is InChI=1S/C21H24N4O5/c1-28-9-8-25-20(26)18-7-5-4-6-17(18)19(24-25)13-22-21(27)23-14-10-15(29-2)12-16(11-14)30-3/h4-7,10-12H,8-9,13H2,1-3H3,(H2,22,23,27). The first kappa shape index (κ1) is 21.1. The molecule has 0 aliphatic rings. The largest absolute Gasteiger partial charge is 0.497 e. The van der Waals surface area contributed by atoms with Crippen molar-refractivity contribution in [2.75, 3.05) is 33.3 Å². The minimum Gasteiger partial charge on any atom is -0.497 e. The average Bonchev–Trinajstić information content (AvgIpc) is 2.77. The maximum absolute atomic E-state index is 12.6. The number of benzene rings is 2. The molecule has 1 heterocycles. The van der Waals surface area contributed by atoms with Gasteiger partial charge < -0.3 is 24.8 Å². The second kappa shape index (κ2) is 9.75. The lowest BCUT2D eigenvalue weighted by molar-refractivity contribution is 0.181. The first-order valence-corrected chi connectivity index (χ1v) is 9.31. The van der Waals surface area contributed by atoms with Gasteiger partial charge in [-0.3, -0.25) is 4.79 Å². The number of nitrogens with zero attached hydrogens (tertiary/aromatic N) is 2. The number of methoxy groups -OCH3 is 3. The number of aromatic nitrogens is 2. The molecule has 2 N–H and O–H groups in total. The second-order valence-electron chi connectivity index (χ2n) is 6.42. The minimum atomic E-state index is -0.425. The van der Waals surface area contributed by atoms with E-state index in [0.29, 0.717) is 46.8 Å². The number of hydrogen-bond acceptors (Lipinski definition) is 6. The van der Waals surface area contributed by atoms with Gasteiger partial charge in [-0.05, 0) is 6.07 Å². The fraction of sp³-hybridized carbons (Fsp3) is 0.286. The molecule has 3 aromatic rings. The van der Waals surface area contributed by atoms with Crippen molar-refractivity contribution in [3.8, 4) is 11.5 Å². The summed E-state index contributed by atoms with van der Waals surface area (Å²) in [7, 11) is 4.63. The molecule has 0 radical (unpaired) electrons. The minimum absolute atomic E-state index is 0.140. The lowest BCUT2D eigenvalue weighted by atomic mass is 10.1. The third-order valence-electron chi connectivity index (χ3n) is 4.48. The van der Waals surface area contributed by atoms with E-state index in [1.807, 2.05) is 12.1 Å². The van der Waals surface area contributed by atoms with E-state index in [1.165, 1.54) is 18.9 Å². The van der Waals surface area contributed by atoms with Gasteiger partial charge in [0.1, 0.15) is 11.5 Å². The Bertz CT molecular complexity index is 1070. The monoisotopic (exact) mass is 412 g/mol. The molecule has 0 bridgehead atoms. The molecular formula is C21H24N4O5. The topological polar surface area (TPSA) is 104 Å². The molecule has 30 heavy (non-hydrogen) atoms. The van der Waals surface area contributed by atoms with E-state index in [4.69, 9.17) is 14.2 Å². The Morgan fingerprint density at radius 3 is 2.33 bits per heavy atom. The quantitative estimate of drug-likeness (QED) is 0.589. The van der Waals surface area contributed by atoms with Crippen LogP contribution in [0.15, 0.2) is 47.3 Å². The molecule has 0 fully saturated rings. The van der Waals surface area contributed by atoms with Crippen molar-refractivity contribution in [1.29, 1.82) is 0 Å². The van der Waals surface area contributed by atoms with E-state index in [0.717, 1.165) is 0 Å². The third-order valence-corrected chi connectivity index (χ3v) is 4.48. The van der Waals surface area contributed by atoms with Crippen LogP contribution >= 0.6 is 0 Å². The number of nitrogens with one attached hydrogen (secondary N) is 2. The number of amides is 2. The van der Waals surface area contributed by atoms with Crippen LogP contribution in [0.2, 0.25) is 0 Å². The van der Waals surface area contributed by atoms with Gasteiger partial charge in [0.15, 0.2) is 0 Å². The Hall–Kier alpha value is -3.59. The highest BCUT2D eigenvalue weighted by atomic mass is 16.5. The predicted octanol–water partition coefficient (Wildman–Crippen LogP) is 2.38. The molecule has 1 aromatic heterocycles. The zero-order valence-electron chi connectivity index (χ0n) is 17.1. The van der Waals surface area contributed by atoms with Crippen LogP contribution in [0.3, 0.4) is 0 Å². The third kappa shape index (κ3) is 4.87. The molecule has 2 amide bonds. The maximum atomic E-state index is 12.6. The number of ether oxygens (including phenoxy) is 3. The van der Waals surface area contributed by atoms with Crippen molar-refractivity contribution >= 4 is 22.5 Å². The Labute approximate surface area is 173 Å². The van der Waals surface area contributed by atoms with Crippen molar-refractivity contribution in [3.05, 3.63) is 58.5 Å². The van der Waals surface area contributed by atoms with Crippen LogP contribution in [0.5, 0.6) is 11.5 Å². The SMILES string of the molecule is COCCn1nc(CNC(=O)Nc2cc(OC)cc(OC)c2)c2ccccc2c1=O. The van der Waals surface area contributed by atoms with Gasteiger partial charge in [0.2, 0.25) is 0 Å². The van der Waals surface area contributed by atoms with Gasteiger partial charge >= 0.3 is 6.03 Å². The lowest BCUT2D eigenvalue weighted by Crippen LogP contribution is -2.31.